The predicted octanol–water partition coefficient (Wildman–Crippen LogP) is -1.52. The number of ketones is 1. The van der Waals surface area contributed by atoms with Gasteiger partial charge in [0.15, 0.2) is 18.4 Å². The molecular formula is C31H50O13. The summed E-state index contributed by atoms with van der Waals surface area (Å²) in [6.07, 6.45) is -4.86. The van der Waals surface area contributed by atoms with Crippen molar-refractivity contribution >= 4 is 5.78 Å². The topological polar surface area (TPSA) is 227 Å². The first-order valence-corrected chi connectivity index (χ1v) is 15.9. The van der Waals surface area contributed by atoms with E-state index in [0.29, 0.717) is 11.7 Å². The molecule has 16 atom stereocenters. The Morgan fingerprint density at radius 1 is 0.773 bits per heavy atom. The Balaban J connectivity index is 0.000000175. The zero-order valence-electron chi connectivity index (χ0n) is 25.4. The van der Waals surface area contributed by atoms with Gasteiger partial charge in [-0.1, -0.05) is 19.4 Å². The Labute approximate surface area is 257 Å². The van der Waals surface area contributed by atoms with Crippen LogP contribution in [0.3, 0.4) is 0 Å². The zero-order valence-corrected chi connectivity index (χ0v) is 25.4. The largest absolute Gasteiger partial charge is 0.394 e. The lowest BCUT2D eigenvalue weighted by Crippen LogP contribution is -2.64. The van der Waals surface area contributed by atoms with E-state index in [2.05, 4.69) is 13.8 Å². The molecule has 2 heterocycles. The number of hydrogen-bond acceptors (Lipinski definition) is 13. The van der Waals surface area contributed by atoms with Gasteiger partial charge in [0.1, 0.15) is 48.8 Å². The van der Waals surface area contributed by atoms with E-state index in [1.54, 1.807) is 0 Å². The van der Waals surface area contributed by atoms with E-state index < -0.39 is 74.6 Å². The summed E-state index contributed by atoms with van der Waals surface area (Å²) < 4.78 is 15.3. The van der Waals surface area contributed by atoms with Crippen molar-refractivity contribution < 1.29 is 65.0 Å². The Hall–Kier alpha value is -1.07. The molecule has 0 aromatic rings. The fraction of sp³-hybridized carbons (Fsp3) is 0.903. The minimum atomic E-state index is -1.74. The molecule has 5 fully saturated rings. The van der Waals surface area contributed by atoms with E-state index in [1.807, 2.05) is 6.08 Å². The quantitative estimate of drug-likeness (QED) is 0.172. The molecule has 0 amide bonds. The van der Waals surface area contributed by atoms with E-state index in [1.165, 1.54) is 31.3 Å². The molecular weight excluding hydrogens is 580 g/mol. The molecule has 4 aliphatic carbocycles. The Bertz CT molecular complexity index is 1050. The van der Waals surface area contributed by atoms with E-state index in [0.717, 1.165) is 37.5 Å². The molecule has 3 saturated carbocycles. The van der Waals surface area contributed by atoms with Gasteiger partial charge in [0.25, 0.3) is 0 Å². The SMILES string of the molecule is C[C@]12CC[C@H]3[C@@H](CCC4=CC(=O)CC[C@@]43C)[C@@H]1CC[C@@H]2O.OC[C@H]1O[C@@H](O[C@H]2[C@H](O)[C@@H](O)[C@H](O)O[C@@H]2CO)[C@H](O)[C@@H](O)[C@H]1O. The zero-order chi connectivity index (χ0) is 32.1. The third kappa shape index (κ3) is 5.93. The molecule has 252 valence electrons. The average Bonchev–Trinajstić information content (AvgIpc) is 3.31. The first-order valence-electron chi connectivity index (χ1n) is 15.9. The normalized spacial score (nSPS) is 52.2. The van der Waals surface area contributed by atoms with Crippen LogP contribution in [0.2, 0.25) is 0 Å². The molecule has 13 heteroatoms. The maximum atomic E-state index is 11.8. The first kappa shape index (κ1) is 34.3. The maximum Gasteiger partial charge on any atom is 0.187 e. The second-order valence-corrected chi connectivity index (χ2v) is 14.1. The number of carbonyl (C=O) groups is 1. The molecule has 13 nitrogen and oxygen atoms in total. The first-order chi connectivity index (χ1) is 20.8. The van der Waals surface area contributed by atoms with Gasteiger partial charge in [0, 0.05) is 6.42 Å². The van der Waals surface area contributed by atoms with Gasteiger partial charge >= 0.3 is 0 Å². The average molecular weight is 631 g/mol. The highest BCUT2D eigenvalue weighted by Gasteiger charge is 2.59. The number of allylic oxidation sites excluding steroid dienone is 1. The number of ether oxygens (including phenoxy) is 3. The van der Waals surface area contributed by atoms with Crippen LogP contribution in [0.15, 0.2) is 11.6 Å². The monoisotopic (exact) mass is 630 g/mol. The van der Waals surface area contributed by atoms with E-state index >= 15 is 0 Å². The van der Waals surface area contributed by atoms with Gasteiger partial charge in [-0.25, -0.2) is 0 Å². The van der Waals surface area contributed by atoms with Gasteiger partial charge in [0.05, 0.1) is 19.3 Å². The van der Waals surface area contributed by atoms with Crippen LogP contribution in [-0.2, 0) is 19.0 Å². The summed E-state index contributed by atoms with van der Waals surface area (Å²) in [6, 6.07) is 0. The van der Waals surface area contributed by atoms with Crippen LogP contribution in [0.5, 0.6) is 0 Å². The third-order valence-electron chi connectivity index (χ3n) is 11.9. The van der Waals surface area contributed by atoms with Crippen molar-refractivity contribution in [2.24, 2.45) is 28.6 Å². The molecule has 0 spiro atoms. The van der Waals surface area contributed by atoms with Crippen LogP contribution < -0.4 is 0 Å². The number of hydrogen-bond donors (Lipinski definition) is 9. The lowest BCUT2D eigenvalue weighted by Gasteiger charge is -2.57. The van der Waals surface area contributed by atoms with Gasteiger partial charge in [-0.05, 0) is 79.6 Å². The molecule has 0 aromatic carbocycles. The van der Waals surface area contributed by atoms with Gasteiger partial charge in [-0.3, -0.25) is 4.79 Å². The van der Waals surface area contributed by atoms with Gasteiger partial charge in [-0.2, -0.15) is 0 Å². The number of carbonyl (C=O) groups excluding carboxylic acids is 1. The lowest BCUT2D eigenvalue weighted by molar-refractivity contribution is -0.355. The molecule has 6 rings (SSSR count). The van der Waals surface area contributed by atoms with Gasteiger partial charge in [0.2, 0.25) is 0 Å². The molecule has 0 radical (unpaired) electrons. The number of aliphatic hydroxyl groups is 9. The highest BCUT2D eigenvalue weighted by Crippen LogP contribution is 2.65. The summed E-state index contributed by atoms with van der Waals surface area (Å²) in [4.78, 5) is 11.8. The smallest absolute Gasteiger partial charge is 0.187 e. The summed E-state index contributed by atoms with van der Waals surface area (Å²) in [7, 11) is 0. The van der Waals surface area contributed by atoms with E-state index in [9.17, 15) is 45.6 Å². The molecule has 2 aliphatic heterocycles. The minimum absolute atomic E-state index is 0.0823. The molecule has 2 saturated heterocycles. The molecule has 0 aromatic heterocycles. The molecule has 6 aliphatic rings. The molecule has 0 unspecified atom stereocenters. The second kappa shape index (κ2) is 13.2. The van der Waals surface area contributed by atoms with Gasteiger partial charge in [-0.15, -0.1) is 0 Å². The van der Waals surface area contributed by atoms with Crippen LogP contribution >= 0.6 is 0 Å². The number of fused-ring (bicyclic) bond motifs is 5. The van der Waals surface area contributed by atoms with Crippen molar-refractivity contribution in [3.05, 3.63) is 11.6 Å². The fourth-order valence-corrected chi connectivity index (χ4v) is 9.10. The minimum Gasteiger partial charge on any atom is -0.394 e. The molecule has 9 N–H and O–H groups in total. The van der Waals surface area contributed by atoms with Crippen molar-refractivity contribution in [3.63, 3.8) is 0 Å². The standard InChI is InChI=1S/C19H28O2.C12H22O11/c1-18-9-7-13(20)11-12(18)3-4-14-15-5-6-17(21)19(15,2)10-8-16(14)18;13-1-3-5(15)6(16)9(19)12(22-3)23-10-4(2-14)21-11(20)8(18)7(10)17/h11,14-17,21H,3-10H2,1-2H3;3-20H,1-2H2/t14-,15-,16-,17-,18-,19-;3-,4-,5+,6+,7-,8-,9-,10-,11-,12+/m01/s1. The van der Waals surface area contributed by atoms with Gasteiger partial charge < -0.3 is 60.2 Å². The Kier molecular flexibility index (Phi) is 10.3. The van der Waals surface area contributed by atoms with E-state index in [4.69, 9.17) is 19.3 Å². The summed E-state index contributed by atoms with van der Waals surface area (Å²) >= 11 is 0. The second-order valence-electron chi connectivity index (χ2n) is 14.1. The van der Waals surface area contributed by atoms with Crippen LogP contribution in [0, 0.1) is 28.6 Å². The van der Waals surface area contributed by atoms with Crippen molar-refractivity contribution in [1.82, 2.24) is 0 Å². The summed E-state index contributed by atoms with van der Waals surface area (Å²) in [6.45, 7) is 3.42. The van der Waals surface area contributed by atoms with Crippen molar-refractivity contribution in [2.75, 3.05) is 13.2 Å². The van der Waals surface area contributed by atoms with Crippen molar-refractivity contribution in [3.8, 4) is 0 Å². The van der Waals surface area contributed by atoms with Crippen LogP contribution in [0.25, 0.3) is 0 Å². The Morgan fingerprint density at radius 2 is 1.48 bits per heavy atom. The number of aliphatic hydroxyl groups excluding tert-OH is 9. The van der Waals surface area contributed by atoms with Crippen LogP contribution in [0.4, 0.5) is 0 Å². The Morgan fingerprint density at radius 3 is 2.16 bits per heavy atom. The van der Waals surface area contributed by atoms with Crippen molar-refractivity contribution in [2.45, 2.75) is 133 Å². The molecule has 44 heavy (non-hydrogen) atoms. The predicted molar refractivity (Wildman–Crippen MR) is 151 cm³/mol. The third-order valence-corrected chi connectivity index (χ3v) is 11.9. The summed E-state index contributed by atoms with van der Waals surface area (Å²) in [5, 5.41) is 86.9. The lowest BCUT2D eigenvalue weighted by atomic mass is 9.47. The highest BCUT2D eigenvalue weighted by molar-refractivity contribution is 5.91. The van der Waals surface area contributed by atoms with Crippen LogP contribution in [0.1, 0.15) is 65.2 Å². The fourth-order valence-electron chi connectivity index (χ4n) is 9.10. The van der Waals surface area contributed by atoms with Crippen LogP contribution in [-0.4, -0.2) is 132 Å². The number of rotatable bonds is 4. The van der Waals surface area contributed by atoms with E-state index in [-0.39, 0.29) is 16.9 Å². The molecule has 0 bridgehead atoms. The maximum absolute atomic E-state index is 11.8. The summed E-state index contributed by atoms with van der Waals surface area (Å²) in [5.74, 6) is 2.57. The highest BCUT2D eigenvalue weighted by atomic mass is 16.7. The van der Waals surface area contributed by atoms with Crippen molar-refractivity contribution in [1.29, 1.82) is 0 Å². The summed E-state index contributed by atoms with van der Waals surface area (Å²) in [5.41, 5.74) is 1.89.